The highest BCUT2D eigenvalue weighted by molar-refractivity contribution is 9.10. The Hall–Kier alpha value is -2.45. The number of benzene rings is 1. The van der Waals surface area contributed by atoms with Crippen molar-refractivity contribution in [1.29, 1.82) is 0 Å². The number of aromatic nitrogens is 1. The van der Waals surface area contributed by atoms with Crippen LogP contribution in [0.5, 0.6) is 5.75 Å². The fourth-order valence-corrected chi connectivity index (χ4v) is 3.44. The molecule has 1 aromatic carbocycles. The number of likely N-dealkylation sites (N-methyl/N-ethyl adjacent to an activating group) is 1. The Bertz CT molecular complexity index is 857. The van der Waals surface area contributed by atoms with E-state index in [9.17, 15) is 9.59 Å². The predicted octanol–water partition coefficient (Wildman–Crippen LogP) is 2.70. The highest BCUT2D eigenvalue weighted by Gasteiger charge is 2.24. The van der Waals surface area contributed by atoms with E-state index in [1.807, 2.05) is 18.2 Å². The Kier molecular flexibility index (Phi) is 6.64. The molecule has 0 spiro atoms. The summed E-state index contributed by atoms with van der Waals surface area (Å²) in [6.45, 7) is 0.945. The summed E-state index contributed by atoms with van der Waals surface area (Å²) in [5, 5.41) is 2.73. The summed E-state index contributed by atoms with van der Waals surface area (Å²) in [5.74, 6) is 1.03. The Morgan fingerprint density at radius 3 is 2.82 bits per heavy atom. The number of carbonyl (C=O) groups is 2. The number of rotatable bonds is 6. The standard InChI is InChI=1S/C20H23BrN4O3/c1-24(12-19(26)23-18-8-5-15(21)11-22-18)13-20(27)25-9-3-4-14-10-16(28-2)6-7-17(14)25/h5-8,10-11H,3-4,9,12-13H2,1-2H3,(H,22,23,26). The van der Waals surface area contributed by atoms with Crippen molar-refractivity contribution in [1.82, 2.24) is 9.88 Å². The lowest BCUT2D eigenvalue weighted by molar-refractivity contribution is -0.121. The van der Waals surface area contributed by atoms with Crippen molar-refractivity contribution in [3.63, 3.8) is 0 Å². The smallest absolute Gasteiger partial charge is 0.241 e. The first kappa shape index (κ1) is 20.3. The van der Waals surface area contributed by atoms with Gasteiger partial charge in [-0.15, -0.1) is 0 Å². The summed E-state index contributed by atoms with van der Waals surface area (Å²) in [4.78, 5) is 32.6. The maximum absolute atomic E-state index is 12.8. The van der Waals surface area contributed by atoms with Gasteiger partial charge in [0.2, 0.25) is 11.8 Å². The first-order valence-corrected chi connectivity index (χ1v) is 9.83. The lowest BCUT2D eigenvalue weighted by Gasteiger charge is -2.31. The van der Waals surface area contributed by atoms with Crippen LogP contribution in [0.15, 0.2) is 41.0 Å². The van der Waals surface area contributed by atoms with E-state index >= 15 is 0 Å². The summed E-state index contributed by atoms with van der Waals surface area (Å²) in [6, 6.07) is 9.30. The summed E-state index contributed by atoms with van der Waals surface area (Å²) in [7, 11) is 3.39. The van der Waals surface area contributed by atoms with E-state index in [0.29, 0.717) is 12.4 Å². The first-order chi connectivity index (χ1) is 13.5. The van der Waals surface area contributed by atoms with Crippen molar-refractivity contribution < 1.29 is 14.3 Å². The average Bonchev–Trinajstić information content (AvgIpc) is 2.68. The van der Waals surface area contributed by atoms with Gasteiger partial charge in [-0.25, -0.2) is 4.98 Å². The number of amides is 2. The van der Waals surface area contributed by atoms with Gasteiger partial charge in [0, 0.05) is 22.9 Å². The lowest BCUT2D eigenvalue weighted by atomic mass is 10.0. The molecule has 1 N–H and O–H groups in total. The third-order valence-corrected chi connectivity index (χ3v) is 4.99. The Morgan fingerprint density at radius 2 is 2.11 bits per heavy atom. The number of halogens is 1. The molecule has 8 heteroatoms. The zero-order chi connectivity index (χ0) is 20.1. The van der Waals surface area contributed by atoms with E-state index in [1.54, 1.807) is 42.3 Å². The quantitative estimate of drug-likeness (QED) is 0.737. The van der Waals surface area contributed by atoms with Gasteiger partial charge in [0.1, 0.15) is 11.6 Å². The summed E-state index contributed by atoms with van der Waals surface area (Å²) in [6.07, 6.45) is 3.45. The fourth-order valence-electron chi connectivity index (χ4n) is 3.21. The van der Waals surface area contributed by atoms with Crippen LogP contribution in [-0.2, 0) is 16.0 Å². The monoisotopic (exact) mass is 446 g/mol. The van der Waals surface area contributed by atoms with E-state index < -0.39 is 0 Å². The largest absolute Gasteiger partial charge is 0.497 e. The van der Waals surface area contributed by atoms with E-state index in [1.165, 1.54) is 0 Å². The molecule has 1 aliphatic heterocycles. The zero-order valence-corrected chi connectivity index (χ0v) is 17.5. The summed E-state index contributed by atoms with van der Waals surface area (Å²) in [5.41, 5.74) is 2.04. The second kappa shape index (κ2) is 9.16. The summed E-state index contributed by atoms with van der Waals surface area (Å²) < 4.78 is 6.12. The maximum atomic E-state index is 12.8. The third kappa shape index (κ3) is 5.08. The molecule has 2 aromatic rings. The van der Waals surface area contributed by atoms with Crippen LogP contribution >= 0.6 is 15.9 Å². The molecule has 1 aromatic heterocycles. The number of nitrogens with zero attached hydrogens (tertiary/aromatic N) is 3. The van der Waals surface area contributed by atoms with E-state index in [-0.39, 0.29) is 24.9 Å². The number of anilines is 2. The second-order valence-corrected chi connectivity index (χ2v) is 7.64. The number of carbonyl (C=O) groups excluding carboxylic acids is 2. The third-order valence-electron chi connectivity index (χ3n) is 4.52. The van der Waals surface area contributed by atoms with Gasteiger partial charge in [-0.2, -0.15) is 0 Å². The van der Waals surface area contributed by atoms with Crippen molar-refractivity contribution in [3.8, 4) is 5.75 Å². The molecule has 7 nitrogen and oxygen atoms in total. The molecule has 0 bridgehead atoms. The first-order valence-electron chi connectivity index (χ1n) is 9.03. The number of methoxy groups -OCH3 is 1. The molecule has 28 heavy (non-hydrogen) atoms. The van der Waals surface area contributed by atoms with Gasteiger partial charge in [0.05, 0.1) is 20.2 Å². The molecule has 2 amide bonds. The molecule has 0 unspecified atom stereocenters. The van der Waals surface area contributed by atoms with Gasteiger partial charge in [-0.3, -0.25) is 14.5 Å². The molecular weight excluding hydrogens is 424 g/mol. The minimum atomic E-state index is -0.214. The van der Waals surface area contributed by atoms with Crippen LogP contribution in [0.4, 0.5) is 11.5 Å². The Labute approximate surface area is 172 Å². The number of hydrogen-bond acceptors (Lipinski definition) is 5. The number of hydrogen-bond donors (Lipinski definition) is 1. The van der Waals surface area contributed by atoms with Crippen LogP contribution in [0, 0.1) is 0 Å². The molecule has 148 valence electrons. The van der Waals surface area contributed by atoms with E-state index in [4.69, 9.17) is 4.74 Å². The highest BCUT2D eigenvalue weighted by atomic mass is 79.9. The Morgan fingerprint density at radius 1 is 1.29 bits per heavy atom. The fraction of sp³-hybridized carbons (Fsp3) is 0.350. The van der Waals surface area contributed by atoms with Gasteiger partial charge < -0.3 is 15.0 Å². The molecule has 0 fully saturated rings. The molecule has 0 saturated carbocycles. The minimum Gasteiger partial charge on any atom is -0.497 e. The van der Waals surface area contributed by atoms with Crippen molar-refractivity contribution in [3.05, 3.63) is 46.6 Å². The molecule has 1 aliphatic rings. The SMILES string of the molecule is COc1ccc2c(c1)CCCN2C(=O)CN(C)CC(=O)Nc1ccc(Br)cn1. The topological polar surface area (TPSA) is 74.8 Å². The molecule has 0 radical (unpaired) electrons. The highest BCUT2D eigenvalue weighted by Crippen LogP contribution is 2.30. The maximum Gasteiger partial charge on any atom is 0.241 e. The van der Waals surface area contributed by atoms with Crippen molar-refractivity contribution >= 4 is 39.2 Å². The number of ether oxygens (including phenoxy) is 1. The molecule has 0 aliphatic carbocycles. The molecule has 3 rings (SSSR count). The number of nitrogens with one attached hydrogen (secondary N) is 1. The van der Waals surface area contributed by atoms with Crippen molar-refractivity contribution in [2.24, 2.45) is 0 Å². The second-order valence-electron chi connectivity index (χ2n) is 6.73. The van der Waals surface area contributed by atoms with Gasteiger partial charge in [-0.05, 0) is 71.7 Å². The van der Waals surface area contributed by atoms with Crippen LogP contribution < -0.4 is 15.0 Å². The van der Waals surface area contributed by atoms with Gasteiger partial charge >= 0.3 is 0 Å². The molecule has 0 atom stereocenters. The van der Waals surface area contributed by atoms with Crippen LogP contribution in [0.2, 0.25) is 0 Å². The number of pyridine rings is 1. The van der Waals surface area contributed by atoms with E-state index in [2.05, 4.69) is 26.2 Å². The predicted molar refractivity (Wildman–Crippen MR) is 112 cm³/mol. The normalized spacial score (nSPS) is 13.2. The van der Waals surface area contributed by atoms with Gasteiger partial charge in [0.25, 0.3) is 0 Å². The van der Waals surface area contributed by atoms with Crippen LogP contribution in [0.3, 0.4) is 0 Å². The van der Waals surface area contributed by atoms with Crippen molar-refractivity contribution in [2.75, 3.05) is 44.0 Å². The lowest BCUT2D eigenvalue weighted by Crippen LogP contribution is -2.43. The number of aryl methyl sites for hydroxylation is 1. The van der Waals surface area contributed by atoms with Crippen LogP contribution in [0.1, 0.15) is 12.0 Å². The average molecular weight is 447 g/mol. The van der Waals surface area contributed by atoms with E-state index in [0.717, 1.165) is 34.3 Å². The zero-order valence-electron chi connectivity index (χ0n) is 15.9. The van der Waals surface area contributed by atoms with Crippen molar-refractivity contribution in [2.45, 2.75) is 12.8 Å². The summed E-state index contributed by atoms with van der Waals surface area (Å²) >= 11 is 3.30. The minimum absolute atomic E-state index is 0.0248. The molecule has 2 heterocycles. The molecular formula is C20H23BrN4O3. The van der Waals surface area contributed by atoms with Crippen LogP contribution in [-0.4, -0.2) is 55.5 Å². The van der Waals surface area contributed by atoms with Crippen LogP contribution in [0.25, 0.3) is 0 Å². The van der Waals surface area contributed by atoms with Gasteiger partial charge in [-0.1, -0.05) is 0 Å². The number of fused-ring (bicyclic) bond motifs is 1. The molecule has 0 saturated heterocycles. The Balaban J connectivity index is 1.57. The van der Waals surface area contributed by atoms with Gasteiger partial charge in [0.15, 0.2) is 0 Å².